The number of esters is 2. The molecule has 10 heteroatoms. The van der Waals surface area contributed by atoms with Gasteiger partial charge in [-0.1, -0.05) is 18.2 Å². The zero-order valence-corrected chi connectivity index (χ0v) is 19.3. The molecular weight excluding hydrogens is 462 g/mol. The van der Waals surface area contributed by atoms with Gasteiger partial charge in [0.1, 0.15) is 10.6 Å². The second kappa shape index (κ2) is 10.4. The zero-order chi connectivity index (χ0) is 23.2. The summed E-state index contributed by atoms with van der Waals surface area (Å²) in [6, 6.07) is 9.39. The number of amides is 1. The number of carbonyl (C=O) groups is 3. The standard InChI is InChI=1S/C23H21N3O5S2/c1-14(27)30-13-31-23(29)21-18(15-6-8-24-9-7-15)10-20(33-21)16-2-4-17(5-3-16)26-22(28)19-11-32-12-25-19/h2-6,8,10-12,15,24H,7,9,13H2,1H3,(H,26,28). The van der Waals surface area contributed by atoms with Crippen LogP contribution in [0, 0.1) is 0 Å². The van der Waals surface area contributed by atoms with Crippen molar-refractivity contribution in [1.82, 2.24) is 10.3 Å². The van der Waals surface area contributed by atoms with Crippen molar-refractivity contribution >= 4 is 46.2 Å². The molecule has 0 spiro atoms. The molecule has 1 atom stereocenters. The van der Waals surface area contributed by atoms with Crippen molar-refractivity contribution in [3.63, 3.8) is 0 Å². The lowest BCUT2D eigenvalue weighted by molar-refractivity contribution is -0.149. The van der Waals surface area contributed by atoms with Gasteiger partial charge in [0.05, 0.1) is 5.51 Å². The SMILES string of the molecule is CC(=O)OCOC(=O)c1sc(-c2ccc(NC(=O)c3cscn3)cc2)cc1C1C=CNCC1. The van der Waals surface area contributed by atoms with E-state index in [0.29, 0.717) is 16.3 Å². The van der Waals surface area contributed by atoms with E-state index >= 15 is 0 Å². The lowest BCUT2D eigenvalue weighted by Gasteiger charge is -2.17. The smallest absolute Gasteiger partial charge is 0.351 e. The third kappa shape index (κ3) is 5.65. The molecule has 0 radical (unpaired) electrons. The van der Waals surface area contributed by atoms with Gasteiger partial charge in [-0.05, 0) is 41.9 Å². The molecule has 0 fully saturated rings. The Balaban J connectivity index is 1.55. The Labute approximate surface area is 198 Å². The Morgan fingerprint density at radius 3 is 2.70 bits per heavy atom. The number of ether oxygens (including phenoxy) is 2. The number of thiophene rings is 1. The number of rotatable bonds is 7. The van der Waals surface area contributed by atoms with Crippen LogP contribution < -0.4 is 10.6 Å². The van der Waals surface area contributed by atoms with E-state index in [9.17, 15) is 14.4 Å². The molecule has 3 aromatic rings. The first-order chi connectivity index (χ1) is 16.0. The molecule has 33 heavy (non-hydrogen) atoms. The van der Waals surface area contributed by atoms with Crippen LogP contribution in [0.3, 0.4) is 0 Å². The first-order valence-corrected chi connectivity index (χ1v) is 11.9. The van der Waals surface area contributed by atoms with Gasteiger partial charge in [0, 0.05) is 35.3 Å². The molecule has 2 aromatic heterocycles. The summed E-state index contributed by atoms with van der Waals surface area (Å²) in [7, 11) is 0. The lowest BCUT2D eigenvalue weighted by Crippen LogP contribution is -2.18. The number of benzene rings is 1. The fourth-order valence-corrected chi connectivity index (χ4v) is 4.98. The summed E-state index contributed by atoms with van der Waals surface area (Å²) in [5.74, 6) is -1.23. The monoisotopic (exact) mass is 483 g/mol. The highest BCUT2D eigenvalue weighted by Crippen LogP contribution is 2.38. The maximum absolute atomic E-state index is 12.7. The molecular formula is C23H21N3O5S2. The number of thiazole rings is 1. The molecule has 1 aliphatic rings. The fourth-order valence-electron chi connectivity index (χ4n) is 3.31. The maximum atomic E-state index is 12.7. The van der Waals surface area contributed by atoms with Crippen LogP contribution in [-0.2, 0) is 14.3 Å². The van der Waals surface area contributed by atoms with Gasteiger partial charge in [-0.2, -0.15) is 0 Å². The number of hydrogen-bond acceptors (Lipinski definition) is 9. The molecule has 1 aliphatic heterocycles. The third-order valence-electron chi connectivity index (χ3n) is 4.94. The highest BCUT2D eigenvalue weighted by atomic mass is 32.1. The lowest BCUT2D eigenvalue weighted by atomic mass is 9.93. The largest absolute Gasteiger partial charge is 0.428 e. The highest BCUT2D eigenvalue weighted by Gasteiger charge is 2.24. The van der Waals surface area contributed by atoms with Crippen LogP contribution in [0.2, 0.25) is 0 Å². The van der Waals surface area contributed by atoms with E-state index < -0.39 is 18.7 Å². The topological polar surface area (TPSA) is 107 Å². The summed E-state index contributed by atoms with van der Waals surface area (Å²) < 4.78 is 9.90. The average Bonchev–Trinajstić information content (AvgIpc) is 3.51. The Hall–Kier alpha value is -3.50. The summed E-state index contributed by atoms with van der Waals surface area (Å²) in [5, 5.41) is 7.67. The highest BCUT2D eigenvalue weighted by molar-refractivity contribution is 7.17. The molecule has 170 valence electrons. The van der Waals surface area contributed by atoms with Gasteiger partial charge < -0.3 is 20.1 Å². The van der Waals surface area contributed by atoms with E-state index in [1.165, 1.54) is 29.6 Å². The molecule has 1 unspecified atom stereocenters. The van der Waals surface area contributed by atoms with Crippen molar-refractivity contribution in [1.29, 1.82) is 0 Å². The second-order valence-corrected chi connectivity index (χ2v) is 8.97. The summed E-state index contributed by atoms with van der Waals surface area (Å²) in [4.78, 5) is 41.3. The van der Waals surface area contributed by atoms with Crippen LogP contribution in [0.1, 0.15) is 45.0 Å². The molecule has 3 heterocycles. The molecule has 0 saturated heterocycles. The van der Waals surface area contributed by atoms with Crippen molar-refractivity contribution in [3.05, 3.63) is 69.6 Å². The summed E-state index contributed by atoms with van der Waals surface area (Å²) in [6.07, 6.45) is 4.76. The van der Waals surface area contributed by atoms with E-state index in [1.807, 2.05) is 42.6 Å². The molecule has 2 N–H and O–H groups in total. The van der Waals surface area contributed by atoms with Gasteiger partial charge >= 0.3 is 11.9 Å². The Kier molecular flexibility index (Phi) is 7.16. The average molecular weight is 484 g/mol. The van der Waals surface area contributed by atoms with E-state index in [2.05, 4.69) is 15.6 Å². The van der Waals surface area contributed by atoms with Crippen LogP contribution in [0.5, 0.6) is 0 Å². The predicted octanol–water partition coefficient (Wildman–Crippen LogP) is 4.39. The molecule has 1 aromatic carbocycles. The van der Waals surface area contributed by atoms with Crippen molar-refractivity contribution in [2.45, 2.75) is 19.3 Å². The van der Waals surface area contributed by atoms with Crippen molar-refractivity contribution in [2.75, 3.05) is 18.7 Å². The number of hydrogen-bond donors (Lipinski definition) is 2. The van der Waals surface area contributed by atoms with Crippen molar-refractivity contribution in [3.8, 4) is 10.4 Å². The second-order valence-electron chi connectivity index (χ2n) is 7.19. The number of anilines is 1. The fraction of sp³-hybridized carbons (Fsp3) is 0.217. The van der Waals surface area contributed by atoms with Crippen LogP contribution in [0.4, 0.5) is 5.69 Å². The molecule has 1 amide bonds. The van der Waals surface area contributed by atoms with Gasteiger partial charge in [0.15, 0.2) is 0 Å². The normalized spacial score (nSPS) is 14.9. The Morgan fingerprint density at radius 1 is 1.21 bits per heavy atom. The minimum atomic E-state index is -0.526. The van der Waals surface area contributed by atoms with Gasteiger partial charge in [-0.3, -0.25) is 9.59 Å². The van der Waals surface area contributed by atoms with E-state index in [-0.39, 0.29) is 11.8 Å². The van der Waals surface area contributed by atoms with E-state index in [4.69, 9.17) is 9.47 Å². The first kappa shape index (κ1) is 22.7. The first-order valence-electron chi connectivity index (χ1n) is 10.2. The van der Waals surface area contributed by atoms with Crippen LogP contribution in [0.15, 0.2) is 53.5 Å². The Morgan fingerprint density at radius 2 is 2.03 bits per heavy atom. The van der Waals surface area contributed by atoms with Crippen LogP contribution in [-0.4, -0.2) is 36.2 Å². The predicted molar refractivity (Wildman–Crippen MR) is 126 cm³/mol. The Bertz CT molecular complexity index is 1170. The summed E-state index contributed by atoms with van der Waals surface area (Å²) in [6.45, 7) is 1.64. The number of allylic oxidation sites excluding steroid dienone is 1. The van der Waals surface area contributed by atoms with Gasteiger partial charge in [-0.25, -0.2) is 9.78 Å². The number of nitrogens with one attached hydrogen (secondary N) is 2. The van der Waals surface area contributed by atoms with Gasteiger partial charge in [0.2, 0.25) is 6.79 Å². The zero-order valence-electron chi connectivity index (χ0n) is 17.7. The summed E-state index contributed by atoms with van der Waals surface area (Å²) in [5.41, 5.74) is 4.42. The van der Waals surface area contributed by atoms with Crippen molar-refractivity contribution in [2.24, 2.45) is 0 Å². The minimum Gasteiger partial charge on any atom is -0.428 e. The molecule has 8 nitrogen and oxygen atoms in total. The maximum Gasteiger partial charge on any atom is 0.351 e. The third-order valence-corrected chi connectivity index (χ3v) is 6.70. The number of nitrogens with zero attached hydrogens (tertiary/aromatic N) is 1. The van der Waals surface area contributed by atoms with E-state index in [0.717, 1.165) is 29.0 Å². The van der Waals surface area contributed by atoms with Crippen molar-refractivity contribution < 1.29 is 23.9 Å². The van der Waals surface area contributed by atoms with E-state index in [1.54, 1.807) is 10.9 Å². The van der Waals surface area contributed by atoms with Crippen LogP contribution >= 0.6 is 22.7 Å². The molecule has 0 saturated carbocycles. The summed E-state index contributed by atoms with van der Waals surface area (Å²) >= 11 is 2.69. The molecule has 4 rings (SSSR count). The number of aromatic nitrogens is 1. The quantitative estimate of drug-likeness (QED) is 0.379. The molecule has 0 aliphatic carbocycles. The van der Waals surface area contributed by atoms with Gasteiger partial charge in [-0.15, -0.1) is 22.7 Å². The number of carbonyl (C=O) groups excluding carboxylic acids is 3. The van der Waals surface area contributed by atoms with Crippen LogP contribution in [0.25, 0.3) is 10.4 Å². The molecule has 0 bridgehead atoms. The minimum absolute atomic E-state index is 0.0733. The van der Waals surface area contributed by atoms with Gasteiger partial charge in [0.25, 0.3) is 5.91 Å².